The van der Waals surface area contributed by atoms with Crippen LogP contribution in [0.2, 0.25) is 0 Å². The molecule has 94 valence electrons. The summed E-state index contributed by atoms with van der Waals surface area (Å²) in [6, 6.07) is 0.214. The maximum Gasteiger partial charge on any atom is 0.156 e. The van der Waals surface area contributed by atoms with E-state index in [0.29, 0.717) is 17.9 Å². The normalized spacial score (nSPS) is 23.4. The van der Waals surface area contributed by atoms with Crippen LogP contribution in [0, 0.1) is 0 Å². The maximum atomic E-state index is 11.2. The van der Waals surface area contributed by atoms with Gasteiger partial charge in [-0.25, -0.2) is 8.42 Å². The average molecular weight is 249 g/mol. The van der Waals surface area contributed by atoms with Crippen molar-refractivity contribution in [3.05, 3.63) is 0 Å². The molecule has 0 radical (unpaired) electrons. The van der Waals surface area contributed by atoms with Crippen molar-refractivity contribution in [2.24, 2.45) is 0 Å². The summed E-state index contributed by atoms with van der Waals surface area (Å²) in [7, 11) is -2.77. The molecule has 2 N–H and O–H groups in total. The molecule has 0 aliphatic carbocycles. The summed E-state index contributed by atoms with van der Waals surface area (Å²) in [5.74, 6) is -0.379. The molecule has 1 aliphatic rings. The van der Waals surface area contributed by atoms with Gasteiger partial charge in [-0.05, 0) is 25.7 Å². The van der Waals surface area contributed by atoms with Crippen molar-refractivity contribution in [2.45, 2.75) is 38.1 Å². The molecule has 6 heteroatoms. The Morgan fingerprint density at radius 1 is 1.31 bits per heavy atom. The first-order valence-electron chi connectivity index (χ1n) is 5.73. The van der Waals surface area contributed by atoms with Gasteiger partial charge in [0.15, 0.2) is 9.84 Å². The number of unbranched alkanes of at least 4 members (excludes halogenated alkanes) is 2. The third-order valence-corrected chi connectivity index (χ3v) is 4.65. The van der Waals surface area contributed by atoms with Gasteiger partial charge in [0.25, 0.3) is 0 Å². The molecule has 0 amide bonds. The van der Waals surface area contributed by atoms with E-state index in [1.165, 1.54) is 0 Å². The zero-order valence-corrected chi connectivity index (χ0v) is 10.2. The molecule has 1 atom stereocenters. The molecule has 0 bridgehead atoms. The van der Waals surface area contributed by atoms with Crippen LogP contribution in [0.25, 0.3) is 0 Å². The number of carbonyl (C=O) groups is 1. The van der Waals surface area contributed by atoms with E-state index in [1.807, 2.05) is 0 Å². The molecule has 1 rings (SSSR count). The number of sulfone groups is 1. The van der Waals surface area contributed by atoms with Crippen molar-refractivity contribution in [3.8, 4) is 0 Å². The molecule has 1 aliphatic heterocycles. The van der Waals surface area contributed by atoms with Crippen molar-refractivity contribution in [1.82, 2.24) is 0 Å². The minimum atomic E-state index is -2.77. The van der Waals surface area contributed by atoms with E-state index in [9.17, 15) is 18.3 Å². The smallest absolute Gasteiger partial charge is 0.156 e. The standard InChI is InChI=1S/C10H19NO4S/c12-10(13)4-2-1-3-6-11-9-5-7-16(14,15)8-9/h9,11H,1-8H2,(H,12,13)/t9-/m0/s1. The lowest BCUT2D eigenvalue weighted by molar-refractivity contribution is -0.684. The number of aliphatic carboxylic acids is 1. The molecule has 0 aromatic heterocycles. The fraction of sp³-hybridized carbons (Fsp3) is 0.900. The lowest BCUT2D eigenvalue weighted by Gasteiger charge is -2.07. The molecule has 16 heavy (non-hydrogen) atoms. The van der Waals surface area contributed by atoms with Gasteiger partial charge in [0.1, 0.15) is 11.8 Å². The second-order valence-electron chi connectivity index (χ2n) is 4.37. The first-order chi connectivity index (χ1) is 7.49. The topological polar surface area (TPSA) is 90.9 Å². The second-order valence-corrected chi connectivity index (χ2v) is 6.60. The number of rotatable bonds is 7. The Bertz CT molecular complexity index is 326. The zero-order valence-electron chi connectivity index (χ0n) is 9.35. The summed E-state index contributed by atoms with van der Waals surface area (Å²) in [5.41, 5.74) is 0. The Kier molecular flexibility index (Phi) is 5.21. The predicted octanol–water partition coefficient (Wildman–Crippen LogP) is -1.95. The molecular formula is C10H19NO4S. The predicted molar refractivity (Wildman–Crippen MR) is 57.3 cm³/mol. The number of nitrogens with two attached hydrogens (primary N) is 1. The third kappa shape index (κ3) is 5.46. The minimum Gasteiger partial charge on any atom is -0.550 e. The van der Waals surface area contributed by atoms with Gasteiger partial charge in [-0.3, -0.25) is 0 Å². The van der Waals surface area contributed by atoms with E-state index in [-0.39, 0.29) is 12.5 Å². The minimum absolute atomic E-state index is 0.123. The van der Waals surface area contributed by atoms with Crippen LogP contribution in [-0.2, 0) is 14.6 Å². The average Bonchev–Trinajstić information content (AvgIpc) is 2.51. The van der Waals surface area contributed by atoms with Gasteiger partial charge < -0.3 is 15.2 Å². The fourth-order valence-corrected chi connectivity index (χ4v) is 3.74. The Balaban J connectivity index is 1.98. The first kappa shape index (κ1) is 13.4. The Labute approximate surface area is 96.1 Å². The van der Waals surface area contributed by atoms with Crippen molar-refractivity contribution < 1.29 is 23.6 Å². The van der Waals surface area contributed by atoms with Crippen LogP contribution < -0.4 is 10.4 Å². The molecule has 0 saturated carbocycles. The van der Waals surface area contributed by atoms with Gasteiger partial charge in [-0.15, -0.1) is 0 Å². The quantitative estimate of drug-likeness (QED) is 0.531. The maximum absolute atomic E-state index is 11.2. The van der Waals surface area contributed by atoms with Gasteiger partial charge in [0, 0.05) is 12.4 Å². The number of quaternary nitrogens is 1. The zero-order chi connectivity index (χ0) is 12.0. The van der Waals surface area contributed by atoms with Crippen LogP contribution in [0.15, 0.2) is 0 Å². The highest BCUT2D eigenvalue weighted by Crippen LogP contribution is 2.07. The van der Waals surface area contributed by atoms with E-state index in [2.05, 4.69) is 5.32 Å². The summed E-state index contributed by atoms with van der Waals surface area (Å²) in [5, 5.41) is 12.2. The number of carbonyl (C=O) groups excluding carboxylic acids is 1. The highest BCUT2D eigenvalue weighted by atomic mass is 32.2. The van der Waals surface area contributed by atoms with E-state index in [1.54, 1.807) is 0 Å². The summed E-state index contributed by atoms with van der Waals surface area (Å²) >= 11 is 0. The summed E-state index contributed by atoms with van der Waals surface area (Å²) < 4.78 is 22.3. The Morgan fingerprint density at radius 2 is 2.06 bits per heavy atom. The largest absolute Gasteiger partial charge is 0.550 e. The molecule has 0 spiro atoms. The molecule has 0 aromatic carbocycles. The lowest BCUT2D eigenvalue weighted by Crippen LogP contribution is -2.90. The van der Waals surface area contributed by atoms with E-state index >= 15 is 0 Å². The van der Waals surface area contributed by atoms with Crippen LogP contribution in [0.1, 0.15) is 32.1 Å². The highest BCUT2D eigenvalue weighted by molar-refractivity contribution is 7.91. The molecule has 1 heterocycles. The van der Waals surface area contributed by atoms with Gasteiger partial charge in [-0.1, -0.05) is 0 Å². The molecule has 1 saturated heterocycles. The number of carboxylic acids is 1. The van der Waals surface area contributed by atoms with Crippen LogP contribution >= 0.6 is 0 Å². The van der Waals surface area contributed by atoms with Gasteiger partial charge >= 0.3 is 0 Å². The van der Waals surface area contributed by atoms with Gasteiger partial charge in [0.05, 0.1) is 12.3 Å². The summed E-state index contributed by atoms with van der Waals surface area (Å²) in [6.45, 7) is 0.882. The summed E-state index contributed by atoms with van der Waals surface area (Å²) in [6.07, 6.45) is 3.33. The molecule has 0 unspecified atom stereocenters. The fourth-order valence-electron chi connectivity index (χ4n) is 1.95. The van der Waals surface area contributed by atoms with E-state index in [4.69, 9.17) is 0 Å². The Hall–Kier alpha value is -0.620. The van der Waals surface area contributed by atoms with Crippen LogP contribution in [-0.4, -0.2) is 38.5 Å². The Morgan fingerprint density at radius 3 is 2.62 bits per heavy atom. The van der Waals surface area contributed by atoms with Gasteiger partial charge in [-0.2, -0.15) is 0 Å². The monoisotopic (exact) mass is 249 g/mol. The molecule has 5 nitrogen and oxygen atoms in total. The van der Waals surface area contributed by atoms with Crippen molar-refractivity contribution >= 4 is 15.8 Å². The lowest BCUT2D eigenvalue weighted by atomic mass is 10.2. The molecule has 1 fully saturated rings. The van der Waals surface area contributed by atoms with Crippen molar-refractivity contribution in [3.63, 3.8) is 0 Å². The molecule has 0 aromatic rings. The van der Waals surface area contributed by atoms with Crippen molar-refractivity contribution in [1.29, 1.82) is 0 Å². The number of carboxylic acid groups (broad SMARTS) is 1. The van der Waals surface area contributed by atoms with E-state index in [0.717, 1.165) is 25.8 Å². The van der Waals surface area contributed by atoms with E-state index < -0.39 is 15.8 Å². The van der Waals surface area contributed by atoms with Crippen LogP contribution in [0.3, 0.4) is 0 Å². The third-order valence-electron chi connectivity index (χ3n) is 2.85. The summed E-state index contributed by atoms with van der Waals surface area (Å²) in [4.78, 5) is 10.1. The number of hydrogen-bond donors (Lipinski definition) is 1. The SMILES string of the molecule is O=C([O-])CCCCC[NH2+][C@H]1CCS(=O)(=O)C1. The highest BCUT2D eigenvalue weighted by Gasteiger charge is 2.29. The van der Waals surface area contributed by atoms with Crippen LogP contribution in [0.4, 0.5) is 0 Å². The second kappa shape index (κ2) is 6.20. The van der Waals surface area contributed by atoms with Crippen LogP contribution in [0.5, 0.6) is 0 Å². The molecular weight excluding hydrogens is 230 g/mol. The first-order valence-corrected chi connectivity index (χ1v) is 7.55. The number of hydrogen-bond acceptors (Lipinski definition) is 4. The van der Waals surface area contributed by atoms with Crippen molar-refractivity contribution in [2.75, 3.05) is 18.1 Å². The van der Waals surface area contributed by atoms with Gasteiger partial charge in [0.2, 0.25) is 0 Å².